The number of nitrogens with zero attached hydrogens (tertiary/aromatic N) is 1. The summed E-state index contributed by atoms with van der Waals surface area (Å²) in [6, 6.07) is 5.62. The van der Waals surface area contributed by atoms with Gasteiger partial charge in [0.05, 0.1) is 0 Å². The summed E-state index contributed by atoms with van der Waals surface area (Å²) in [5, 5.41) is 3.62. The molecule has 2 nitrogen and oxygen atoms in total. The fourth-order valence-electron chi connectivity index (χ4n) is 2.87. The van der Waals surface area contributed by atoms with Gasteiger partial charge in [-0.2, -0.15) is 0 Å². The van der Waals surface area contributed by atoms with Gasteiger partial charge in [-0.25, -0.2) is 0 Å². The van der Waals surface area contributed by atoms with Crippen LogP contribution < -0.4 is 10.2 Å². The van der Waals surface area contributed by atoms with Crippen molar-refractivity contribution in [3.8, 4) is 0 Å². The first-order valence-corrected chi connectivity index (χ1v) is 7.59. The molecule has 1 N–H and O–H groups in total. The van der Waals surface area contributed by atoms with Crippen LogP contribution in [-0.4, -0.2) is 25.2 Å². The molecule has 3 heteroatoms. The maximum atomic E-state index is 3.62. The second-order valence-corrected chi connectivity index (χ2v) is 6.32. The molecule has 1 fully saturated rings. The topological polar surface area (TPSA) is 15.3 Å². The number of hydrogen-bond donors (Lipinski definition) is 1. The molecule has 0 aliphatic carbocycles. The summed E-state index contributed by atoms with van der Waals surface area (Å²) in [5.41, 5.74) is 4.15. The molecule has 2 rings (SSSR count). The van der Waals surface area contributed by atoms with Gasteiger partial charge in [0, 0.05) is 35.3 Å². The van der Waals surface area contributed by atoms with Crippen molar-refractivity contribution >= 4 is 21.6 Å². The van der Waals surface area contributed by atoms with Gasteiger partial charge in [-0.15, -0.1) is 0 Å². The maximum absolute atomic E-state index is 3.62. The predicted molar refractivity (Wildman–Crippen MR) is 82.5 cm³/mol. The first kappa shape index (κ1) is 13.9. The molecule has 2 atom stereocenters. The van der Waals surface area contributed by atoms with Crippen LogP contribution in [0, 0.1) is 13.8 Å². The van der Waals surface area contributed by atoms with E-state index in [4.69, 9.17) is 0 Å². The minimum Gasteiger partial charge on any atom is -0.366 e. The van der Waals surface area contributed by atoms with Crippen molar-refractivity contribution in [1.29, 1.82) is 0 Å². The average Bonchev–Trinajstić information content (AvgIpc) is 2.30. The second-order valence-electron chi connectivity index (χ2n) is 5.40. The Bertz CT molecular complexity index is 407. The first-order valence-electron chi connectivity index (χ1n) is 6.79. The van der Waals surface area contributed by atoms with Gasteiger partial charge >= 0.3 is 0 Å². The van der Waals surface area contributed by atoms with Gasteiger partial charge in [0.2, 0.25) is 0 Å². The average molecular weight is 311 g/mol. The Balaban J connectivity index is 2.34. The van der Waals surface area contributed by atoms with E-state index in [0.717, 1.165) is 13.1 Å². The minimum atomic E-state index is 0.561. The molecule has 1 aliphatic rings. The summed E-state index contributed by atoms with van der Waals surface area (Å²) in [6.07, 6.45) is 1.19. The normalized spacial score (nSPS) is 24.4. The summed E-state index contributed by atoms with van der Waals surface area (Å²) < 4.78 is 1.18. The van der Waals surface area contributed by atoms with Crippen LogP contribution in [0.1, 0.15) is 31.4 Å². The molecule has 0 spiro atoms. The fraction of sp³-hybridized carbons (Fsp3) is 0.600. The lowest BCUT2D eigenvalue weighted by atomic mass is 10.0. The largest absolute Gasteiger partial charge is 0.366 e. The Kier molecular flexibility index (Phi) is 4.33. The molecule has 0 bridgehead atoms. The van der Waals surface area contributed by atoms with Crippen molar-refractivity contribution in [2.24, 2.45) is 0 Å². The van der Waals surface area contributed by atoms with Gasteiger partial charge in [0.15, 0.2) is 0 Å². The molecular formula is C15H23BrN2. The molecule has 1 heterocycles. The lowest BCUT2D eigenvalue weighted by molar-refractivity contribution is 0.397. The number of rotatable bonds is 2. The summed E-state index contributed by atoms with van der Waals surface area (Å²) >= 11 is 3.58. The summed E-state index contributed by atoms with van der Waals surface area (Å²) in [7, 11) is 0. The van der Waals surface area contributed by atoms with Crippen molar-refractivity contribution in [2.45, 2.75) is 46.2 Å². The molecule has 100 valence electrons. The first-order chi connectivity index (χ1) is 8.52. The number of benzene rings is 1. The predicted octanol–water partition coefficient (Wildman–Crippen LogP) is 3.64. The Labute approximate surface area is 119 Å². The van der Waals surface area contributed by atoms with E-state index in [0.29, 0.717) is 12.1 Å². The van der Waals surface area contributed by atoms with Gasteiger partial charge in [-0.1, -0.05) is 22.9 Å². The summed E-state index contributed by atoms with van der Waals surface area (Å²) in [4.78, 5) is 2.57. The van der Waals surface area contributed by atoms with E-state index in [2.05, 4.69) is 66.0 Å². The maximum Gasteiger partial charge on any atom is 0.0429 e. The molecule has 0 amide bonds. The fourth-order valence-corrected chi connectivity index (χ4v) is 3.56. The highest BCUT2D eigenvalue weighted by atomic mass is 79.9. The number of hydrogen-bond acceptors (Lipinski definition) is 2. The van der Waals surface area contributed by atoms with Crippen molar-refractivity contribution in [2.75, 3.05) is 18.0 Å². The molecule has 18 heavy (non-hydrogen) atoms. The van der Waals surface area contributed by atoms with E-state index in [1.165, 1.54) is 27.7 Å². The van der Waals surface area contributed by atoms with Crippen LogP contribution in [0.4, 0.5) is 5.69 Å². The number of nitrogens with one attached hydrogen (secondary N) is 1. The highest BCUT2D eigenvalue weighted by Gasteiger charge is 2.26. The highest BCUT2D eigenvalue weighted by Crippen LogP contribution is 2.31. The van der Waals surface area contributed by atoms with Crippen LogP contribution in [-0.2, 0) is 0 Å². The van der Waals surface area contributed by atoms with Gasteiger partial charge < -0.3 is 10.2 Å². The summed E-state index contributed by atoms with van der Waals surface area (Å²) in [5.74, 6) is 0. The number of halogens is 1. The smallest absolute Gasteiger partial charge is 0.0429 e. The Morgan fingerprint density at radius 2 is 1.94 bits per heavy atom. The van der Waals surface area contributed by atoms with E-state index in [1.807, 2.05) is 0 Å². The SMILES string of the molecule is CCC1CN(c2c(C)cc(Br)cc2C)C(C)CN1. The Hall–Kier alpha value is -0.540. The third-order valence-electron chi connectivity index (χ3n) is 3.89. The van der Waals surface area contributed by atoms with Crippen molar-refractivity contribution in [1.82, 2.24) is 5.32 Å². The van der Waals surface area contributed by atoms with E-state index in [9.17, 15) is 0 Å². The van der Waals surface area contributed by atoms with E-state index < -0.39 is 0 Å². The molecule has 2 unspecified atom stereocenters. The number of anilines is 1. The van der Waals surface area contributed by atoms with Crippen LogP contribution in [0.2, 0.25) is 0 Å². The molecule has 1 aromatic rings. The minimum absolute atomic E-state index is 0.561. The number of piperazine rings is 1. The van der Waals surface area contributed by atoms with E-state index >= 15 is 0 Å². The van der Waals surface area contributed by atoms with Crippen molar-refractivity contribution < 1.29 is 0 Å². The molecule has 0 aromatic heterocycles. The number of aryl methyl sites for hydroxylation is 2. The molecule has 0 radical (unpaired) electrons. The quantitative estimate of drug-likeness (QED) is 0.897. The Morgan fingerprint density at radius 3 is 2.50 bits per heavy atom. The van der Waals surface area contributed by atoms with Crippen molar-refractivity contribution in [3.63, 3.8) is 0 Å². The van der Waals surface area contributed by atoms with Gasteiger partial charge in [0.25, 0.3) is 0 Å². The molecule has 1 aliphatic heterocycles. The van der Waals surface area contributed by atoms with Crippen LogP contribution in [0.25, 0.3) is 0 Å². The highest BCUT2D eigenvalue weighted by molar-refractivity contribution is 9.10. The zero-order valence-corrected chi connectivity index (χ0v) is 13.3. The third-order valence-corrected chi connectivity index (χ3v) is 4.34. The molecule has 0 saturated carbocycles. The van der Waals surface area contributed by atoms with Gasteiger partial charge in [-0.05, 0) is 50.5 Å². The van der Waals surface area contributed by atoms with E-state index in [1.54, 1.807) is 0 Å². The van der Waals surface area contributed by atoms with Gasteiger partial charge in [0.1, 0.15) is 0 Å². The van der Waals surface area contributed by atoms with Crippen LogP contribution in [0.5, 0.6) is 0 Å². The Morgan fingerprint density at radius 1 is 1.33 bits per heavy atom. The second kappa shape index (κ2) is 5.62. The standard InChI is InChI=1S/C15H23BrN2/c1-5-14-9-18(12(4)8-17-14)15-10(2)6-13(16)7-11(15)3/h6-7,12,14,17H,5,8-9H2,1-4H3. The van der Waals surface area contributed by atoms with Crippen LogP contribution >= 0.6 is 15.9 Å². The van der Waals surface area contributed by atoms with Crippen LogP contribution in [0.3, 0.4) is 0 Å². The van der Waals surface area contributed by atoms with Gasteiger partial charge in [-0.3, -0.25) is 0 Å². The lowest BCUT2D eigenvalue weighted by Gasteiger charge is -2.41. The molecule has 1 saturated heterocycles. The third kappa shape index (κ3) is 2.72. The van der Waals surface area contributed by atoms with Crippen molar-refractivity contribution in [3.05, 3.63) is 27.7 Å². The summed E-state index contributed by atoms with van der Waals surface area (Å²) in [6.45, 7) is 11.2. The van der Waals surface area contributed by atoms with E-state index in [-0.39, 0.29) is 0 Å². The zero-order chi connectivity index (χ0) is 13.3. The zero-order valence-electron chi connectivity index (χ0n) is 11.8. The molecular weight excluding hydrogens is 288 g/mol. The lowest BCUT2D eigenvalue weighted by Crippen LogP contribution is -2.55. The molecule has 1 aromatic carbocycles. The monoisotopic (exact) mass is 310 g/mol. The van der Waals surface area contributed by atoms with Crippen LogP contribution in [0.15, 0.2) is 16.6 Å².